The Morgan fingerprint density at radius 1 is 1.35 bits per heavy atom. The summed E-state index contributed by atoms with van der Waals surface area (Å²) in [6.45, 7) is 3.77. The Labute approximate surface area is 156 Å². The van der Waals surface area contributed by atoms with Crippen molar-refractivity contribution in [1.82, 2.24) is 4.90 Å². The van der Waals surface area contributed by atoms with Gasteiger partial charge in [-0.3, -0.25) is 9.69 Å². The lowest BCUT2D eigenvalue weighted by Crippen LogP contribution is -2.51. The average Bonchev–Trinajstić information content (AvgIpc) is 3.11. The summed E-state index contributed by atoms with van der Waals surface area (Å²) in [5.74, 6) is 5.45. The average molecular weight is 361 g/mol. The fourth-order valence-corrected chi connectivity index (χ4v) is 5.27. The molecule has 26 heavy (non-hydrogen) atoms. The van der Waals surface area contributed by atoms with Gasteiger partial charge in [0.2, 0.25) is 0 Å². The maximum absolute atomic E-state index is 11.7. The van der Waals surface area contributed by atoms with Crippen LogP contribution in [0.3, 0.4) is 0 Å². The van der Waals surface area contributed by atoms with Gasteiger partial charge in [-0.05, 0) is 50.9 Å². The number of aliphatic hydroxyl groups excluding tert-OH is 2. The van der Waals surface area contributed by atoms with E-state index in [0.717, 1.165) is 19.3 Å². The Morgan fingerprint density at radius 2 is 2.12 bits per heavy atom. The number of carboxylic acids is 1. The molecule has 0 aromatic rings. The SMILES string of the molecule is CC#CCC(C)[C@H](O)/C=C/[C@H]1[C@H](O)CC2[C@@H]1CC1CCCC(C(=O)O)N12. The predicted molar refractivity (Wildman–Crippen MR) is 99.3 cm³/mol. The standard InChI is InChI=1S/C21H31NO4/c1-3-4-6-13(2)19(23)10-9-15-16-11-14-7-5-8-17(21(25)26)22(14)18(16)12-20(15)24/h9-10,13-20,23-24H,5-8,11-12H2,1-2H3,(H,25,26)/b10-9+/t13?,14?,15-,16-,17?,18?,19-,20-/m1/s1. The van der Waals surface area contributed by atoms with E-state index in [-0.39, 0.29) is 23.8 Å². The van der Waals surface area contributed by atoms with Crippen LogP contribution in [0.2, 0.25) is 0 Å². The molecular weight excluding hydrogens is 330 g/mol. The van der Waals surface area contributed by atoms with E-state index in [1.807, 2.05) is 19.1 Å². The summed E-state index contributed by atoms with van der Waals surface area (Å²) in [5, 5.41) is 30.5. The predicted octanol–water partition coefficient (Wildman–Crippen LogP) is 2.03. The zero-order valence-electron chi connectivity index (χ0n) is 15.7. The molecule has 3 fully saturated rings. The molecule has 2 aliphatic heterocycles. The highest BCUT2D eigenvalue weighted by atomic mass is 16.4. The Balaban J connectivity index is 1.70. The number of carbonyl (C=O) groups is 1. The number of fused-ring (bicyclic) bond motifs is 3. The second-order valence-electron chi connectivity index (χ2n) is 8.22. The quantitative estimate of drug-likeness (QED) is 0.516. The Bertz CT molecular complexity index is 607. The summed E-state index contributed by atoms with van der Waals surface area (Å²) < 4.78 is 0. The van der Waals surface area contributed by atoms with Crippen LogP contribution in [0.1, 0.15) is 52.4 Å². The van der Waals surface area contributed by atoms with Crippen molar-refractivity contribution in [3.8, 4) is 11.8 Å². The van der Waals surface area contributed by atoms with Crippen LogP contribution < -0.4 is 0 Å². The Morgan fingerprint density at radius 3 is 2.81 bits per heavy atom. The number of piperidine rings is 1. The molecule has 0 amide bonds. The van der Waals surface area contributed by atoms with Gasteiger partial charge in [0, 0.05) is 24.4 Å². The van der Waals surface area contributed by atoms with E-state index in [1.54, 1.807) is 6.92 Å². The number of carboxylic acid groups (broad SMARTS) is 1. The maximum atomic E-state index is 11.7. The first-order valence-electron chi connectivity index (χ1n) is 9.88. The van der Waals surface area contributed by atoms with E-state index in [0.29, 0.717) is 25.3 Å². The molecule has 0 aromatic carbocycles. The monoisotopic (exact) mass is 361 g/mol. The first kappa shape index (κ1) is 19.4. The number of aliphatic hydroxyl groups is 2. The third kappa shape index (κ3) is 3.69. The first-order valence-corrected chi connectivity index (χ1v) is 9.88. The van der Waals surface area contributed by atoms with Crippen molar-refractivity contribution in [2.75, 3.05) is 0 Å². The van der Waals surface area contributed by atoms with Crippen LogP contribution in [0.25, 0.3) is 0 Å². The summed E-state index contributed by atoms with van der Waals surface area (Å²) in [7, 11) is 0. The summed E-state index contributed by atoms with van der Waals surface area (Å²) in [5.41, 5.74) is 0. The van der Waals surface area contributed by atoms with Crippen LogP contribution in [0.4, 0.5) is 0 Å². The van der Waals surface area contributed by atoms with E-state index >= 15 is 0 Å². The third-order valence-electron chi connectivity index (χ3n) is 6.64. The van der Waals surface area contributed by atoms with E-state index in [9.17, 15) is 20.1 Å². The Hall–Kier alpha value is -1.35. The van der Waals surface area contributed by atoms with Gasteiger partial charge in [-0.1, -0.05) is 19.1 Å². The second-order valence-corrected chi connectivity index (χ2v) is 8.22. The number of rotatable bonds is 5. The van der Waals surface area contributed by atoms with Crippen molar-refractivity contribution in [3.05, 3.63) is 12.2 Å². The molecule has 3 N–H and O–H groups in total. The number of nitrogens with zero attached hydrogens (tertiary/aromatic N) is 1. The topological polar surface area (TPSA) is 81.0 Å². The van der Waals surface area contributed by atoms with Crippen LogP contribution in [0.15, 0.2) is 12.2 Å². The van der Waals surface area contributed by atoms with E-state index < -0.39 is 24.2 Å². The molecule has 0 spiro atoms. The van der Waals surface area contributed by atoms with E-state index in [4.69, 9.17) is 0 Å². The van der Waals surface area contributed by atoms with Crippen LogP contribution in [0.5, 0.6) is 0 Å². The fraction of sp³-hybridized carbons (Fsp3) is 0.762. The molecule has 3 rings (SSSR count). The van der Waals surface area contributed by atoms with Crippen molar-refractivity contribution < 1.29 is 20.1 Å². The number of hydrogen-bond acceptors (Lipinski definition) is 4. The van der Waals surface area contributed by atoms with Gasteiger partial charge in [0.1, 0.15) is 6.04 Å². The summed E-state index contributed by atoms with van der Waals surface area (Å²) >= 11 is 0. The number of hydrogen-bond donors (Lipinski definition) is 3. The molecule has 4 unspecified atom stereocenters. The van der Waals surface area contributed by atoms with Crippen LogP contribution in [0, 0.1) is 29.6 Å². The van der Waals surface area contributed by atoms with Crippen LogP contribution in [-0.2, 0) is 4.79 Å². The minimum absolute atomic E-state index is 0.000783. The fourth-order valence-electron chi connectivity index (χ4n) is 5.27. The molecule has 3 aliphatic rings. The minimum Gasteiger partial charge on any atom is -0.480 e. The highest BCUT2D eigenvalue weighted by molar-refractivity contribution is 5.73. The normalized spacial score (nSPS) is 39.1. The molecule has 144 valence electrons. The molecule has 8 atom stereocenters. The van der Waals surface area contributed by atoms with Gasteiger partial charge in [-0.2, -0.15) is 0 Å². The summed E-state index contributed by atoms with van der Waals surface area (Å²) in [4.78, 5) is 13.8. The van der Waals surface area contributed by atoms with Crippen molar-refractivity contribution >= 4 is 5.97 Å². The van der Waals surface area contributed by atoms with Crippen molar-refractivity contribution in [1.29, 1.82) is 0 Å². The van der Waals surface area contributed by atoms with Crippen molar-refractivity contribution in [2.45, 2.75) is 82.7 Å². The first-order chi connectivity index (χ1) is 12.4. The Kier molecular flexibility index (Phi) is 6.06. The van der Waals surface area contributed by atoms with Gasteiger partial charge in [0.15, 0.2) is 0 Å². The molecule has 0 bridgehead atoms. The highest BCUT2D eigenvalue weighted by Crippen LogP contribution is 2.49. The molecule has 2 saturated heterocycles. The largest absolute Gasteiger partial charge is 0.480 e. The lowest BCUT2D eigenvalue weighted by molar-refractivity contribution is -0.146. The van der Waals surface area contributed by atoms with E-state index in [2.05, 4.69) is 16.7 Å². The maximum Gasteiger partial charge on any atom is 0.320 e. The van der Waals surface area contributed by atoms with Gasteiger partial charge in [-0.25, -0.2) is 0 Å². The van der Waals surface area contributed by atoms with Gasteiger partial charge in [0.25, 0.3) is 0 Å². The lowest BCUT2D eigenvalue weighted by Gasteiger charge is -2.38. The summed E-state index contributed by atoms with van der Waals surface area (Å²) in [6, 6.07) is 0.0652. The summed E-state index contributed by atoms with van der Waals surface area (Å²) in [6.07, 6.45) is 7.72. The van der Waals surface area contributed by atoms with Gasteiger partial charge >= 0.3 is 5.97 Å². The molecule has 5 nitrogen and oxygen atoms in total. The van der Waals surface area contributed by atoms with Gasteiger partial charge in [0.05, 0.1) is 12.2 Å². The van der Waals surface area contributed by atoms with E-state index in [1.165, 1.54) is 0 Å². The highest BCUT2D eigenvalue weighted by Gasteiger charge is 2.54. The minimum atomic E-state index is -0.731. The zero-order chi connectivity index (χ0) is 18.8. The zero-order valence-corrected chi connectivity index (χ0v) is 15.7. The molecule has 5 heteroatoms. The molecule has 2 heterocycles. The van der Waals surface area contributed by atoms with Crippen molar-refractivity contribution in [2.24, 2.45) is 17.8 Å². The molecule has 1 saturated carbocycles. The molecule has 0 radical (unpaired) electrons. The smallest absolute Gasteiger partial charge is 0.320 e. The number of aliphatic carboxylic acids is 1. The third-order valence-corrected chi connectivity index (χ3v) is 6.64. The molecular formula is C21H31NO4. The van der Waals surface area contributed by atoms with Gasteiger partial charge in [-0.15, -0.1) is 11.8 Å². The molecule has 0 aromatic heterocycles. The van der Waals surface area contributed by atoms with Gasteiger partial charge < -0.3 is 15.3 Å². The molecule has 1 aliphatic carbocycles. The second kappa shape index (κ2) is 8.12. The van der Waals surface area contributed by atoms with Crippen LogP contribution >= 0.6 is 0 Å². The van der Waals surface area contributed by atoms with Crippen LogP contribution in [-0.4, -0.2) is 56.5 Å². The van der Waals surface area contributed by atoms with Crippen molar-refractivity contribution in [3.63, 3.8) is 0 Å². The lowest BCUT2D eigenvalue weighted by atomic mass is 9.88.